The van der Waals surface area contributed by atoms with E-state index >= 15 is 0 Å². The Morgan fingerprint density at radius 2 is 0.627 bits per heavy atom. The number of rotatable bonds is 4. The van der Waals surface area contributed by atoms with Gasteiger partial charge in [-0.3, -0.25) is 0 Å². The van der Waals surface area contributed by atoms with Gasteiger partial charge in [0.25, 0.3) is 0 Å². The van der Waals surface area contributed by atoms with Crippen LogP contribution >= 0.6 is 0 Å². The molecule has 0 amide bonds. The van der Waals surface area contributed by atoms with E-state index in [-0.39, 0.29) is 112 Å². The van der Waals surface area contributed by atoms with Crippen molar-refractivity contribution in [3.8, 4) is 55.6 Å². The van der Waals surface area contributed by atoms with Crippen LogP contribution in [0.15, 0.2) is 194 Å². The second kappa shape index (κ2) is 11.9. The second-order valence-electron chi connectivity index (χ2n) is 15.8. The monoisotopic (exact) mass is 764 g/mol. The highest BCUT2D eigenvalue weighted by atomic mass is 14.4. The van der Waals surface area contributed by atoms with Crippen molar-refractivity contribution in [3.05, 3.63) is 205 Å². The van der Waals surface area contributed by atoms with Crippen LogP contribution < -0.4 is 0 Å². The van der Waals surface area contributed by atoms with Crippen molar-refractivity contribution in [2.45, 2.75) is 19.3 Å². The van der Waals surface area contributed by atoms with Gasteiger partial charge in [0.2, 0.25) is 0 Å². The van der Waals surface area contributed by atoms with Gasteiger partial charge in [-0.25, -0.2) is 0 Å². The average molecular weight is 765 g/mol. The van der Waals surface area contributed by atoms with Crippen molar-refractivity contribution in [1.82, 2.24) is 0 Å². The molecular formula is C59H38. The van der Waals surface area contributed by atoms with Gasteiger partial charge in [0.05, 0.1) is 24.7 Å². The van der Waals surface area contributed by atoms with E-state index in [1.165, 1.54) is 0 Å². The van der Waals surface area contributed by atoms with Crippen molar-refractivity contribution >= 4 is 64.6 Å². The summed E-state index contributed by atoms with van der Waals surface area (Å²) >= 11 is 0. The van der Waals surface area contributed by atoms with Gasteiger partial charge in [-0.1, -0.05) is 195 Å². The molecule has 0 saturated heterocycles. The number of fused-ring (bicyclic) bond motifs is 3. The van der Waals surface area contributed by atoms with Gasteiger partial charge in [-0.2, -0.15) is 0 Å². The number of hydrogen-bond acceptors (Lipinski definition) is 0. The first-order valence-electron chi connectivity index (χ1n) is 28.4. The third-order valence-electron chi connectivity index (χ3n) is 12.3. The van der Waals surface area contributed by atoms with Crippen molar-refractivity contribution in [1.29, 1.82) is 0 Å². The van der Waals surface area contributed by atoms with E-state index < -0.39 is 77.9 Å². The smallest absolute Gasteiger partial charge is 0.0610 e. The Bertz CT molecular complexity index is 4370. The molecule has 12 aromatic rings. The first kappa shape index (κ1) is 19.9. The highest BCUT2D eigenvalue weighted by molar-refractivity contribution is 6.26. The zero-order chi connectivity index (χ0) is 54.6. The Morgan fingerprint density at radius 3 is 1.03 bits per heavy atom. The fraction of sp³-hybridized carbons (Fsp3) is 0.0508. The summed E-state index contributed by atoms with van der Waals surface area (Å²) in [5, 5.41) is 0.219. The van der Waals surface area contributed by atoms with Crippen LogP contribution in [0.5, 0.6) is 0 Å². The van der Waals surface area contributed by atoms with Crippen LogP contribution in [0.4, 0.5) is 0 Å². The summed E-state index contributed by atoms with van der Waals surface area (Å²) in [6, 6.07) is 20.0. The van der Waals surface area contributed by atoms with Crippen molar-refractivity contribution in [2.24, 2.45) is 0 Å². The minimum atomic E-state index is -0.520. The molecule has 0 bridgehead atoms. The van der Waals surface area contributed by atoms with E-state index in [1.807, 2.05) is 36.4 Å². The van der Waals surface area contributed by atoms with Crippen LogP contribution in [0, 0.1) is 0 Å². The molecule has 0 aromatic heterocycles. The molecule has 0 aliphatic heterocycles. The summed E-state index contributed by atoms with van der Waals surface area (Å²) in [4.78, 5) is 0. The van der Waals surface area contributed by atoms with Crippen LogP contribution in [0.1, 0.15) is 49.6 Å². The Balaban J connectivity index is 0.865. The molecule has 0 atom stereocenters. The molecule has 0 radical (unpaired) electrons. The third-order valence-corrected chi connectivity index (χ3v) is 12.3. The summed E-state index contributed by atoms with van der Waals surface area (Å²) in [7, 11) is 0. The predicted octanol–water partition coefficient (Wildman–Crippen LogP) is 16.5. The Morgan fingerprint density at radius 1 is 0.305 bits per heavy atom. The summed E-state index contributed by atoms with van der Waals surface area (Å²) in [5.41, 5.74) is 8.68. The lowest BCUT2D eigenvalue weighted by Gasteiger charge is -2.23. The molecule has 0 spiro atoms. The number of hydrogen-bond donors (Lipinski definition) is 0. The minimum absolute atomic E-state index is 0.0717. The molecule has 12 aromatic carbocycles. The van der Waals surface area contributed by atoms with E-state index in [1.54, 1.807) is 24.3 Å². The normalized spacial score (nSPS) is 17.7. The SMILES string of the molecule is [2H]c1c([2H])c2c([2H])c([2H])c3c([2H])c([2H])c(-c4ccc(-c5ccc6c(c5)C(C)(C)c5cc(-c7ccc(-c8c([2H])c([2H])c9c([2H])c([2H])c%10c([2H])c([2H])c([2H])c%11c([2H])c([2H])c8c9c%10%11)cc7)ccc5-6)cc4)c4c([2H])c([2H])c(c1[2H])c2c34. The van der Waals surface area contributed by atoms with E-state index in [4.69, 9.17) is 19.2 Å². The fourth-order valence-electron chi connectivity index (χ4n) is 9.31. The van der Waals surface area contributed by atoms with Crippen LogP contribution in [0.25, 0.3) is 120 Å². The van der Waals surface area contributed by atoms with Crippen LogP contribution in [0.2, 0.25) is 0 Å². The lowest BCUT2D eigenvalue weighted by Crippen LogP contribution is -2.15. The molecular weight excluding hydrogens is 709 g/mol. The topological polar surface area (TPSA) is 0 Å². The summed E-state index contributed by atoms with van der Waals surface area (Å²) in [6.45, 7) is 4.32. The lowest BCUT2D eigenvalue weighted by atomic mass is 9.80. The van der Waals surface area contributed by atoms with E-state index in [0.717, 1.165) is 44.5 Å². The maximum absolute atomic E-state index is 9.22. The third kappa shape index (κ3) is 4.66. The minimum Gasteiger partial charge on any atom is -0.0610 e. The zero-order valence-corrected chi connectivity index (χ0v) is 31.6. The summed E-state index contributed by atoms with van der Waals surface area (Å²) in [5.74, 6) is 0. The van der Waals surface area contributed by atoms with Gasteiger partial charge in [0.1, 0.15) is 0 Å². The van der Waals surface area contributed by atoms with Crippen LogP contribution in [0.3, 0.4) is 0 Å². The Hall–Kier alpha value is -7.28. The number of benzene rings is 12. The average Bonchev–Trinajstić information content (AvgIpc) is 3.87. The highest BCUT2D eigenvalue weighted by Gasteiger charge is 2.36. The predicted molar refractivity (Wildman–Crippen MR) is 253 cm³/mol. The van der Waals surface area contributed by atoms with Gasteiger partial charge in [-0.05, 0) is 144 Å². The first-order chi connectivity index (χ1) is 36.5. The second-order valence-corrected chi connectivity index (χ2v) is 15.8. The molecule has 13 rings (SSSR count). The van der Waals surface area contributed by atoms with Crippen LogP contribution in [-0.2, 0) is 5.41 Å². The van der Waals surface area contributed by atoms with Gasteiger partial charge in [-0.15, -0.1) is 0 Å². The van der Waals surface area contributed by atoms with Gasteiger partial charge >= 0.3 is 0 Å². The Labute approximate surface area is 368 Å². The summed E-state index contributed by atoms with van der Waals surface area (Å²) in [6.07, 6.45) is 0. The standard InChI is InChI=1S/C59H38/c1-59(2)53-33-45(35-9-13-37(14-10-35)47-27-21-43-19-17-39-5-3-7-41-23-31-51(47)57(43)55(39)41)25-29-49(53)50-30-26-46(34-54(50)59)36-11-15-38(16-12-36)48-28-22-44-20-18-40-6-4-8-42-24-32-52(48)58(44)56(40)42/h3-34H,1-2H3/i3D,4D,5D,6D,7D,8D,17D,18D,19D,20D,21D,22D,23D,24D,27D,28D,31D,32D. The maximum atomic E-state index is 9.22. The summed E-state index contributed by atoms with van der Waals surface area (Å²) < 4.78 is 160. The molecule has 0 nitrogen and oxygen atoms in total. The first-order valence-corrected chi connectivity index (χ1v) is 19.4. The van der Waals surface area contributed by atoms with Gasteiger partial charge in [0.15, 0.2) is 0 Å². The molecule has 0 saturated carbocycles. The molecule has 0 heterocycles. The Kier molecular flexibility index (Phi) is 4.01. The van der Waals surface area contributed by atoms with Crippen LogP contribution in [-0.4, -0.2) is 0 Å². The van der Waals surface area contributed by atoms with E-state index in [2.05, 4.69) is 38.1 Å². The van der Waals surface area contributed by atoms with Crippen molar-refractivity contribution < 1.29 is 24.7 Å². The molecule has 0 unspecified atom stereocenters. The quantitative estimate of drug-likeness (QED) is 0.157. The molecule has 1 aliphatic rings. The zero-order valence-electron chi connectivity index (χ0n) is 49.6. The fourth-order valence-corrected chi connectivity index (χ4v) is 9.31. The molecule has 59 heavy (non-hydrogen) atoms. The molecule has 0 N–H and O–H groups in total. The van der Waals surface area contributed by atoms with Gasteiger partial charge < -0.3 is 0 Å². The molecule has 1 aliphatic carbocycles. The molecule has 274 valence electrons. The molecule has 0 fully saturated rings. The molecule has 0 heteroatoms. The lowest BCUT2D eigenvalue weighted by molar-refractivity contribution is 0.661. The van der Waals surface area contributed by atoms with Gasteiger partial charge in [0, 0.05) is 5.41 Å². The maximum Gasteiger partial charge on any atom is 0.0630 e. The largest absolute Gasteiger partial charge is 0.0630 e. The van der Waals surface area contributed by atoms with Crippen molar-refractivity contribution in [2.75, 3.05) is 0 Å². The van der Waals surface area contributed by atoms with Crippen molar-refractivity contribution in [3.63, 3.8) is 0 Å². The highest BCUT2D eigenvalue weighted by Crippen LogP contribution is 2.51. The van der Waals surface area contributed by atoms with E-state index in [9.17, 15) is 5.48 Å². The van der Waals surface area contributed by atoms with E-state index in [0.29, 0.717) is 11.1 Å².